The molecule has 0 amide bonds. The van der Waals surface area contributed by atoms with Gasteiger partial charge in [0.05, 0.1) is 22.5 Å². The Morgan fingerprint density at radius 3 is 2.67 bits per heavy atom. The van der Waals surface area contributed by atoms with Gasteiger partial charge in [0.15, 0.2) is 0 Å². The fourth-order valence-electron chi connectivity index (χ4n) is 0.823. The van der Waals surface area contributed by atoms with Gasteiger partial charge in [-0.15, -0.1) is 0 Å². The largest absolute Gasteiger partial charge is 0.198 e. The Labute approximate surface area is 89.0 Å². The Kier molecular flexibility index (Phi) is 3.39. The lowest BCUT2D eigenvalue weighted by Crippen LogP contribution is -1.84. The quantitative estimate of drug-likeness (QED) is 0.708. The first-order valence-corrected chi connectivity index (χ1v) is 4.70. The Morgan fingerprint density at radius 2 is 2.08 bits per heavy atom. The van der Waals surface area contributed by atoms with Crippen LogP contribution >= 0.6 is 39.1 Å². The number of hydrogen-bond acceptors (Lipinski definition) is 1. The van der Waals surface area contributed by atoms with E-state index in [1.165, 1.54) is 0 Å². The molecule has 4 heteroatoms. The molecule has 1 aromatic rings. The smallest absolute Gasteiger partial charge is 0.0670 e. The van der Waals surface area contributed by atoms with E-state index in [9.17, 15) is 0 Å². The third-order valence-electron chi connectivity index (χ3n) is 1.34. The van der Waals surface area contributed by atoms with Crippen LogP contribution in [0.2, 0.25) is 10.0 Å². The van der Waals surface area contributed by atoms with Crippen LogP contribution in [0.15, 0.2) is 16.6 Å². The highest BCUT2D eigenvalue weighted by Crippen LogP contribution is 2.29. The van der Waals surface area contributed by atoms with E-state index < -0.39 is 0 Å². The van der Waals surface area contributed by atoms with Gasteiger partial charge in [0.1, 0.15) is 0 Å². The molecular weight excluding hydrogens is 261 g/mol. The van der Waals surface area contributed by atoms with E-state index in [4.69, 9.17) is 28.5 Å². The van der Waals surface area contributed by atoms with Crippen LogP contribution in [-0.4, -0.2) is 0 Å². The molecule has 12 heavy (non-hydrogen) atoms. The second-order valence-electron chi connectivity index (χ2n) is 2.20. The van der Waals surface area contributed by atoms with Crippen molar-refractivity contribution in [2.45, 2.75) is 6.42 Å². The number of benzene rings is 1. The van der Waals surface area contributed by atoms with Crippen molar-refractivity contribution in [3.63, 3.8) is 0 Å². The fourth-order valence-corrected chi connectivity index (χ4v) is 1.87. The van der Waals surface area contributed by atoms with Gasteiger partial charge in [0.25, 0.3) is 0 Å². The van der Waals surface area contributed by atoms with Crippen molar-refractivity contribution in [3.8, 4) is 6.07 Å². The molecule has 0 saturated carbocycles. The fraction of sp³-hybridized carbons (Fsp3) is 0.125. The van der Waals surface area contributed by atoms with Gasteiger partial charge in [-0.1, -0.05) is 39.1 Å². The first-order valence-electron chi connectivity index (χ1n) is 3.15. The van der Waals surface area contributed by atoms with Crippen LogP contribution in [0.3, 0.4) is 0 Å². The molecular formula is C8H4BrCl2N. The van der Waals surface area contributed by atoms with E-state index in [0.29, 0.717) is 10.0 Å². The molecule has 0 aromatic heterocycles. The summed E-state index contributed by atoms with van der Waals surface area (Å²) in [5.74, 6) is 0. The molecule has 0 aliphatic carbocycles. The van der Waals surface area contributed by atoms with E-state index >= 15 is 0 Å². The predicted octanol–water partition coefficient (Wildman–Crippen LogP) is 3.82. The Balaban J connectivity index is 3.20. The highest BCUT2D eigenvalue weighted by molar-refractivity contribution is 9.10. The van der Waals surface area contributed by atoms with Gasteiger partial charge < -0.3 is 0 Å². The summed E-state index contributed by atoms with van der Waals surface area (Å²) in [4.78, 5) is 0. The number of halogens is 3. The van der Waals surface area contributed by atoms with Gasteiger partial charge in [-0.25, -0.2) is 0 Å². The first kappa shape index (κ1) is 9.85. The van der Waals surface area contributed by atoms with Crippen molar-refractivity contribution < 1.29 is 0 Å². The van der Waals surface area contributed by atoms with Gasteiger partial charge >= 0.3 is 0 Å². The van der Waals surface area contributed by atoms with Crippen LogP contribution in [0.1, 0.15) is 5.56 Å². The Bertz CT molecular complexity index is 344. The molecule has 0 bridgehead atoms. The highest BCUT2D eigenvalue weighted by Gasteiger charge is 2.05. The topological polar surface area (TPSA) is 23.8 Å². The zero-order valence-electron chi connectivity index (χ0n) is 5.94. The molecule has 0 spiro atoms. The normalized spacial score (nSPS) is 9.50. The molecule has 1 aromatic carbocycles. The zero-order valence-corrected chi connectivity index (χ0v) is 9.04. The summed E-state index contributed by atoms with van der Waals surface area (Å²) in [5, 5.41) is 9.39. The summed E-state index contributed by atoms with van der Waals surface area (Å²) in [6.45, 7) is 0. The molecule has 0 fully saturated rings. The second kappa shape index (κ2) is 4.13. The lowest BCUT2D eigenvalue weighted by molar-refractivity contribution is 1.26. The van der Waals surface area contributed by atoms with Gasteiger partial charge in [0, 0.05) is 4.47 Å². The van der Waals surface area contributed by atoms with E-state index in [0.717, 1.165) is 10.0 Å². The summed E-state index contributed by atoms with van der Waals surface area (Å²) < 4.78 is 0.835. The molecule has 0 aliphatic heterocycles. The maximum atomic E-state index is 8.46. The average Bonchev–Trinajstić information content (AvgIpc) is 2.00. The molecule has 0 saturated heterocycles. The van der Waals surface area contributed by atoms with Crippen molar-refractivity contribution in [2.75, 3.05) is 0 Å². The van der Waals surface area contributed by atoms with Crippen LogP contribution in [0.25, 0.3) is 0 Å². The first-order chi connectivity index (χ1) is 5.65. The van der Waals surface area contributed by atoms with Crippen molar-refractivity contribution in [1.29, 1.82) is 5.26 Å². The molecule has 0 radical (unpaired) electrons. The predicted molar refractivity (Wildman–Crippen MR) is 53.5 cm³/mol. The molecule has 0 atom stereocenters. The third-order valence-corrected chi connectivity index (χ3v) is 2.64. The minimum absolute atomic E-state index is 0.276. The summed E-state index contributed by atoms with van der Waals surface area (Å²) in [6.07, 6.45) is 0.276. The standard InChI is InChI=1S/C8H4BrCl2N/c9-6-3-5(1-2-12)8(11)7(10)4-6/h3-4H,1H2. The lowest BCUT2D eigenvalue weighted by atomic mass is 10.2. The molecule has 0 unspecified atom stereocenters. The average molecular weight is 265 g/mol. The number of hydrogen-bond donors (Lipinski definition) is 0. The maximum Gasteiger partial charge on any atom is 0.0670 e. The van der Waals surface area contributed by atoms with Gasteiger partial charge in [-0.3, -0.25) is 0 Å². The van der Waals surface area contributed by atoms with E-state index in [1.54, 1.807) is 12.1 Å². The van der Waals surface area contributed by atoms with E-state index in [2.05, 4.69) is 15.9 Å². The van der Waals surface area contributed by atoms with Crippen LogP contribution in [-0.2, 0) is 6.42 Å². The SMILES string of the molecule is N#CCc1cc(Br)cc(Cl)c1Cl. The molecule has 0 N–H and O–H groups in total. The molecule has 0 aliphatic rings. The van der Waals surface area contributed by atoms with Gasteiger partial charge in [-0.2, -0.15) is 5.26 Å². The molecule has 1 rings (SSSR count). The van der Waals surface area contributed by atoms with Gasteiger partial charge in [0.2, 0.25) is 0 Å². The van der Waals surface area contributed by atoms with Crippen LogP contribution in [0.4, 0.5) is 0 Å². The van der Waals surface area contributed by atoms with Crippen LogP contribution in [0, 0.1) is 11.3 Å². The Hall–Kier alpha value is -0.230. The van der Waals surface area contributed by atoms with Crippen molar-refractivity contribution in [2.24, 2.45) is 0 Å². The van der Waals surface area contributed by atoms with E-state index in [-0.39, 0.29) is 6.42 Å². The monoisotopic (exact) mass is 263 g/mol. The number of nitriles is 1. The van der Waals surface area contributed by atoms with Crippen molar-refractivity contribution in [1.82, 2.24) is 0 Å². The van der Waals surface area contributed by atoms with Crippen molar-refractivity contribution in [3.05, 3.63) is 32.2 Å². The summed E-state index contributed by atoms with van der Waals surface area (Å²) >= 11 is 14.9. The van der Waals surface area contributed by atoms with Gasteiger partial charge in [-0.05, 0) is 17.7 Å². The summed E-state index contributed by atoms with van der Waals surface area (Å²) in [5.41, 5.74) is 0.749. The van der Waals surface area contributed by atoms with Crippen LogP contribution < -0.4 is 0 Å². The zero-order chi connectivity index (χ0) is 9.14. The minimum Gasteiger partial charge on any atom is -0.198 e. The summed E-state index contributed by atoms with van der Waals surface area (Å²) in [7, 11) is 0. The number of nitrogens with zero attached hydrogens (tertiary/aromatic N) is 1. The molecule has 62 valence electrons. The van der Waals surface area contributed by atoms with Crippen LogP contribution in [0.5, 0.6) is 0 Å². The minimum atomic E-state index is 0.276. The Morgan fingerprint density at radius 1 is 1.42 bits per heavy atom. The molecule has 0 heterocycles. The molecule has 1 nitrogen and oxygen atoms in total. The number of rotatable bonds is 1. The second-order valence-corrected chi connectivity index (χ2v) is 3.90. The summed E-state index contributed by atoms with van der Waals surface area (Å²) in [6, 6.07) is 5.50. The highest BCUT2D eigenvalue weighted by atomic mass is 79.9. The third kappa shape index (κ3) is 2.13. The van der Waals surface area contributed by atoms with E-state index in [1.807, 2.05) is 6.07 Å². The lowest BCUT2D eigenvalue weighted by Gasteiger charge is -2.02. The maximum absolute atomic E-state index is 8.46. The van der Waals surface area contributed by atoms with Crippen molar-refractivity contribution >= 4 is 39.1 Å².